The summed E-state index contributed by atoms with van der Waals surface area (Å²) in [4.78, 5) is 25.3. The summed E-state index contributed by atoms with van der Waals surface area (Å²) in [5.74, 6) is -1.07. The van der Waals surface area contributed by atoms with Crippen molar-refractivity contribution in [2.75, 3.05) is 11.4 Å². The fraction of sp³-hybridized carbons (Fsp3) is 0.200. The van der Waals surface area contributed by atoms with Crippen LogP contribution in [0.1, 0.15) is 22.5 Å². The summed E-state index contributed by atoms with van der Waals surface area (Å²) < 4.78 is 0. The van der Waals surface area contributed by atoms with Gasteiger partial charge < -0.3 is 10.0 Å². The van der Waals surface area contributed by atoms with Crippen molar-refractivity contribution in [1.82, 2.24) is 0 Å². The molecule has 2 rings (SSSR count). The number of carboxylic acid groups (broad SMARTS) is 1. The molecule has 0 aliphatic rings. The second kappa shape index (κ2) is 7.24. The molecule has 0 atom stereocenters. The number of benzene rings is 1. The maximum atomic E-state index is 12.6. The number of carbonyl (C=O) groups excluding carboxylic acids is 1. The van der Waals surface area contributed by atoms with Crippen LogP contribution in [0.2, 0.25) is 5.02 Å². The number of halogens is 1. The Morgan fingerprint density at radius 2 is 1.90 bits per heavy atom. The second-order valence-corrected chi connectivity index (χ2v) is 5.71. The molecule has 0 bridgehead atoms. The van der Waals surface area contributed by atoms with Crippen molar-refractivity contribution in [3.05, 3.63) is 51.7 Å². The SMILES string of the molecule is O=C(O)CCCN(C(=O)c1sccc1Cl)c1ccccc1. The summed E-state index contributed by atoms with van der Waals surface area (Å²) in [6.07, 6.45) is 0.410. The Balaban J connectivity index is 2.21. The third-order valence-electron chi connectivity index (χ3n) is 2.90. The number of para-hydroxylation sites is 1. The number of nitrogens with zero attached hydrogens (tertiary/aromatic N) is 1. The molecule has 1 aromatic heterocycles. The van der Waals surface area contributed by atoms with Crippen LogP contribution in [0.3, 0.4) is 0 Å². The molecule has 0 unspecified atom stereocenters. The van der Waals surface area contributed by atoms with Gasteiger partial charge in [-0.2, -0.15) is 0 Å². The third-order valence-corrected chi connectivity index (χ3v) is 4.23. The van der Waals surface area contributed by atoms with Crippen LogP contribution in [0, 0.1) is 0 Å². The number of hydrogen-bond acceptors (Lipinski definition) is 3. The fourth-order valence-corrected chi connectivity index (χ4v) is 3.00. The number of amides is 1. The van der Waals surface area contributed by atoms with Gasteiger partial charge in [0.05, 0.1) is 5.02 Å². The predicted molar refractivity (Wildman–Crippen MR) is 84.3 cm³/mol. The summed E-state index contributed by atoms with van der Waals surface area (Å²) in [5, 5.41) is 10.9. The van der Waals surface area contributed by atoms with E-state index in [0.717, 1.165) is 5.69 Å². The van der Waals surface area contributed by atoms with Crippen LogP contribution in [0.15, 0.2) is 41.8 Å². The monoisotopic (exact) mass is 323 g/mol. The van der Waals surface area contributed by atoms with E-state index in [4.69, 9.17) is 16.7 Å². The number of anilines is 1. The van der Waals surface area contributed by atoms with E-state index in [1.165, 1.54) is 11.3 Å². The van der Waals surface area contributed by atoms with Gasteiger partial charge in [0.25, 0.3) is 5.91 Å². The van der Waals surface area contributed by atoms with E-state index >= 15 is 0 Å². The highest BCUT2D eigenvalue weighted by Gasteiger charge is 2.21. The van der Waals surface area contributed by atoms with Gasteiger partial charge in [0.15, 0.2) is 0 Å². The van der Waals surface area contributed by atoms with Crippen molar-refractivity contribution in [1.29, 1.82) is 0 Å². The van der Waals surface area contributed by atoms with Gasteiger partial charge in [-0.1, -0.05) is 29.8 Å². The lowest BCUT2D eigenvalue weighted by atomic mass is 10.2. The molecule has 0 spiro atoms. The van der Waals surface area contributed by atoms with Crippen LogP contribution < -0.4 is 4.90 Å². The topological polar surface area (TPSA) is 57.6 Å². The van der Waals surface area contributed by atoms with Crippen LogP contribution >= 0.6 is 22.9 Å². The van der Waals surface area contributed by atoms with E-state index in [9.17, 15) is 9.59 Å². The van der Waals surface area contributed by atoms with Crippen molar-refractivity contribution < 1.29 is 14.7 Å². The highest BCUT2D eigenvalue weighted by atomic mass is 35.5. The van der Waals surface area contributed by atoms with Crippen molar-refractivity contribution in [2.24, 2.45) is 0 Å². The quantitative estimate of drug-likeness (QED) is 0.876. The molecular weight excluding hydrogens is 310 g/mol. The van der Waals surface area contributed by atoms with Crippen molar-refractivity contribution in [3.63, 3.8) is 0 Å². The molecule has 110 valence electrons. The number of carboxylic acids is 1. The maximum absolute atomic E-state index is 12.6. The zero-order valence-electron chi connectivity index (χ0n) is 11.2. The molecule has 0 saturated heterocycles. The largest absolute Gasteiger partial charge is 0.481 e. The highest BCUT2D eigenvalue weighted by molar-refractivity contribution is 7.12. The van der Waals surface area contributed by atoms with Crippen molar-refractivity contribution >= 4 is 40.5 Å². The van der Waals surface area contributed by atoms with Gasteiger partial charge in [0.2, 0.25) is 0 Å². The van der Waals surface area contributed by atoms with E-state index in [2.05, 4.69) is 0 Å². The Hall–Kier alpha value is -1.85. The number of aliphatic carboxylic acids is 1. The normalized spacial score (nSPS) is 10.3. The molecule has 1 aromatic carbocycles. The van der Waals surface area contributed by atoms with E-state index in [-0.39, 0.29) is 12.3 Å². The molecule has 21 heavy (non-hydrogen) atoms. The highest BCUT2D eigenvalue weighted by Crippen LogP contribution is 2.26. The lowest BCUT2D eigenvalue weighted by Crippen LogP contribution is -2.31. The van der Waals surface area contributed by atoms with Crippen molar-refractivity contribution in [2.45, 2.75) is 12.8 Å². The number of hydrogen-bond donors (Lipinski definition) is 1. The zero-order valence-corrected chi connectivity index (χ0v) is 12.7. The zero-order chi connectivity index (χ0) is 15.2. The van der Waals surface area contributed by atoms with Gasteiger partial charge in [0, 0.05) is 18.7 Å². The lowest BCUT2D eigenvalue weighted by molar-refractivity contribution is -0.137. The minimum absolute atomic E-state index is 0.0226. The number of rotatable bonds is 6. The minimum atomic E-state index is -0.871. The van der Waals surface area contributed by atoms with Gasteiger partial charge >= 0.3 is 5.97 Å². The van der Waals surface area contributed by atoms with Crippen LogP contribution in [-0.4, -0.2) is 23.5 Å². The molecule has 1 heterocycles. The van der Waals surface area contributed by atoms with E-state index in [0.29, 0.717) is 22.9 Å². The average molecular weight is 324 g/mol. The summed E-state index contributed by atoms with van der Waals surface area (Å²) in [6.45, 7) is 0.337. The Morgan fingerprint density at radius 3 is 2.48 bits per heavy atom. The molecule has 6 heteroatoms. The van der Waals surface area contributed by atoms with Crippen LogP contribution in [0.5, 0.6) is 0 Å². The number of carbonyl (C=O) groups is 2. The summed E-state index contributed by atoms with van der Waals surface area (Å²) in [7, 11) is 0. The van der Waals surface area contributed by atoms with Gasteiger partial charge in [-0.15, -0.1) is 11.3 Å². The molecule has 2 aromatic rings. The van der Waals surface area contributed by atoms with Crippen LogP contribution in [0.25, 0.3) is 0 Å². The molecule has 0 aliphatic heterocycles. The Kier molecular flexibility index (Phi) is 5.36. The van der Waals surface area contributed by atoms with Crippen LogP contribution in [-0.2, 0) is 4.79 Å². The lowest BCUT2D eigenvalue weighted by Gasteiger charge is -2.22. The molecule has 0 saturated carbocycles. The first kappa shape index (κ1) is 15.5. The molecule has 0 aliphatic carbocycles. The van der Waals surface area contributed by atoms with Gasteiger partial charge in [-0.05, 0) is 30.0 Å². The van der Waals surface area contributed by atoms with E-state index in [1.54, 1.807) is 16.3 Å². The molecular formula is C15H14ClNO3S. The first-order chi connectivity index (χ1) is 10.1. The summed E-state index contributed by atoms with van der Waals surface area (Å²) >= 11 is 7.30. The van der Waals surface area contributed by atoms with E-state index < -0.39 is 5.97 Å². The number of thiophene rings is 1. The van der Waals surface area contributed by atoms with Crippen LogP contribution in [0.4, 0.5) is 5.69 Å². The first-order valence-corrected chi connectivity index (χ1v) is 7.67. The van der Waals surface area contributed by atoms with Gasteiger partial charge in [0.1, 0.15) is 4.88 Å². The molecule has 1 amide bonds. The summed E-state index contributed by atoms with van der Waals surface area (Å²) in [5.41, 5.74) is 0.734. The molecule has 0 fully saturated rings. The summed E-state index contributed by atoms with van der Waals surface area (Å²) in [6, 6.07) is 10.9. The fourth-order valence-electron chi connectivity index (χ4n) is 1.91. The maximum Gasteiger partial charge on any atom is 0.303 e. The second-order valence-electron chi connectivity index (χ2n) is 4.39. The first-order valence-electron chi connectivity index (χ1n) is 6.41. The predicted octanol–water partition coefficient (Wildman–Crippen LogP) is 3.91. The van der Waals surface area contributed by atoms with Crippen molar-refractivity contribution in [3.8, 4) is 0 Å². The Bertz CT molecular complexity index is 627. The smallest absolute Gasteiger partial charge is 0.303 e. The van der Waals surface area contributed by atoms with E-state index in [1.807, 2.05) is 30.3 Å². The minimum Gasteiger partial charge on any atom is -0.481 e. The average Bonchev–Trinajstić information content (AvgIpc) is 2.90. The standard InChI is InChI=1S/C15H14ClNO3S/c16-12-8-10-21-14(12)15(20)17(9-4-7-13(18)19)11-5-2-1-3-6-11/h1-3,5-6,8,10H,4,7,9H2,(H,18,19). The Labute approximate surface area is 131 Å². The van der Waals surface area contributed by atoms with Gasteiger partial charge in [-0.25, -0.2) is 0 Å². The molecule has 4 nitrogen and oxygen atoms in total. The van der Waals surface area contributed by atoms with Gasteiger partial charge in [-0.3, -0.25) is 9.59 Å². The third kappa shape index (κ3) is 4.06. The Morgan fingerprint density at radius 1 is 1.19 bits per heavy atom. The molecule has 0 radical (unpaired) electrons. The molecule has 1 N–H and O–H groups in total.